The summed E-state index contributed by atoms with van der Waals surface area (Å²) in [6.07, 6.45) is -0.330. The van der Waals surface area contributed by atoms with Crippen molar-refractivity contribution in [3.8, 4) is 0 Å². The van der Waals surface area contributed by atoms with Crippen LogP contribution in [0.25, 0.3) is 0 Å². The maximum Gasteiger partial charge on any atom is 0.328 e. The number of rotatable bonds is 3. The Bertz CT molecular complexity index is 302. The van der Waals surface area contributed by atoms with Crippen LogP contribution in [0.1, 0.15) is 12.7 Å². The first-order chi connectivity index (χ1) is 6.08. The van der Waals surface area contributed by atoms with Crippen molar-refractivity contribution >= 4 is 17.9 Å². The van der Waals surface area contributed by atoms with Gasteiger partial charge >= 0.3 is 12.0 Å². The quantitative estimate of drug-likeness (QED) is 0.667. The number of carboxylic acids is 1. The van der Waals surface area contributed by atoms with Gasteiger partial charge in [-0.3, -0.25) is 14.9 Å². The van der Waals surface area contributed by atoms with Crippen molar-refractivity contribution in [3.63, 3.8) is 0 Å². The highest BCUT2D eigenvalue weighted by atomic mass is 16.5. The van der Waals surface area contributed by atoms with Gasteiger partial charge in [-0.1, -0.05) is 5.16 Å². The Morgan fingerprint density at radius 2 is 2.31 bits per heavy atom. The van der Waals surface area contributed by atoms with Gasteiger partial charge in [0.05, 0.1) is 0 Å². The van der Waals surface area contributed by atoms with Crippen LogP contribution in [0.15, 0.2) is 4.52 Å². The average Bonchev–Trinajstić information content (AvgIpc) is 2.33. The number of carbonyl (C=O) groups is 2. The predicted octanol–water partition coefficient (Wildman–Crippen LogP) is -0.345. The zero-order valence-corrected chi connectivity index (χ0v) is 6.77. The number of aliphatic carboxylic acids is 1. The monoisotopic (exact) mass is 185 g/mol. The smallest absolute Gasteiger partial charge is 0.328 e. The molecule has 0 saturated heterocycles. The van der Waals surface area contributed by atoms with Crippen LogP contribution in [-0.2, 0) is 16.0 Å². The summed E-state index contributed by atoms with van der Waals surface area (Å²) in [6, 6.07) is -0.0938. The Hall–Kier alpha value is -1.92. The molecule has 0 atom stereocenters. The van der Waals surface area contributed by atoms with Crippen LogP contribution in [0, 0.1) is 0 Å². The van der Waals surface area contributed by atoms with E-state index < -0.39 is 5.97 Å². The van der Waals surface area contributed by atoms with E-state index in [1.54, 1.807) is 0 Å². The third kappa shape index (κ3) is 2.89. The number of hydrogen-bond donors (Lipinski definition) is 2. The standard InChI is InChI=1S/C6H7N3O4/c1-3(10)7-6-8-4(9-13-6)2-5(11)12/h2H2,1H3,(H,11,12)(H,7,8,9,10). The summed E-state index contributed by atoms with van der Waals surface area (Å²) < 4.78 is 4.52. The number of nitrogens with zero attached hydrogens (tertiary/aromatic N) is 2. The Balaban J connectivity index is 2.63. The fourth-order valence-corrected chi connectivity index (χ4v) is 0.662. The molecule has 0 radical (unpaired) electrons. The number of carboxylic acid groups (broad SMARTS) is 1. The van der Waals surface area contributed by atoms with Crippen molar-refractivity contribution in [2.24, 2.45) is 0 Å². The fraction of sp³-hybridized carbons (Fsp3) is 0.333. The van der Waals surface area contributed by atoms with Gasteiger partial charge in [0, 0.05) is 6.92 Å². The van der Waals surface area contributed by atoms with Crippen molar-refractivity contribution in [1.29, 1.82) is 0 Å². The van der Waals surface area contributed by atoms with Crippen LogP contribution in [0.2, 0.25) is 0 Å². The van der Waals surface area contributed by atoms with Gasteiger partial charge in [0.25, 0.3) is 0 Å². The first-order valence-electron chi connectivity index (χ1n) is 3.40. The third-order valence-corrected chi connectivity index (χ3v) is 1.06. The zero-order chi connectivity index (χ0) is 9.84. The number of hydrogen-bond acceptors (Lipinski definition) is 5. The summed E-state index contributed by atoms with van der Waals surface area (Å²) in [4.78, 5) is 24.3. The topological polar surface area (TPSA) is 105 Å². The van der Waals surface area contributed by atoms with Crippen molar-refractivity contribution in [2.45, 2.75) is 13.3 Å². The van der Waals surface area contributed by atoms with E-state index >= 15 is 0 Å². The second-order valence-corrected chi connectivity index (χ2v) is 2.27. The molecule has 1 heterocycles. The van der Waals surface area contributed by atoms with Crippen LogP contribution in [0.5, 0.6) is 0 Å². The van der Waals surface area contributed by atoms with Gasteiger partial charge in [-0.25, -0.2) is 0 Å². The van der Waals surface area contributed by atoms with E-state index in [1.807, 2.05) is 0 Å². The van der Waals surface area contributed by atoms with E-state index in [0.29, 0.717) is 0 Å². The van der Waals surface area contributed by atoms with Gasteiger partial charge in [-0.2, -0.15) is 4.98 Å². The minimum Gasteiger partial charge on any atom is -0.481 e. The Morgan fingerprint density at radius 3 is 2.85 bits per heavy atom. The molecule has 1 aromatic rings. The van der Waals surface area contributed by atoms with E-state index in [-0.39, 0.29) is 24.2 Å². The SMILES string of the molecule is CC(=O)Nc1nc(CC(=O)O)no1. The Morgan fingerprint density at radius 1 is 1.62 bits per heavy atom. The molecule has 1 amide bonds. The van der Waals surface area contributed by atoms with Gasteiger partial charge in [-0.05, 0) is 0 Å². The predicted molar refractivity (Wildman–Crippen MR) is 39.9 cm³/mol. The lowest BCUT2D eigenvalue weighted by atomic mass is 10.4. The minimum atomic E-state index is -1.06. The molecule has 0 aliphatic carbocycles. The van der Waals surface area contributed by atoms with Crippen molar-refractivity contribution in [2.75, 3.05) is 5.32 Å². The molecular weight excluding hydrogens is 178 g/mol. The van der Waals surface area contributed by atoms with Gasteiger partial charge in [-0.15, -0.1) is 0 Å². The highest BCUT2D eigenvalue weighted by molar-refractivity contribution is 5.86. The summed E-state index contributed by atoms with van der Waals surface area (Å²) >= 11 is 0. The minimum absolute atomic E-state index is 0.0243. The fourth-order valence-electron chi connectivity index (χ4n) is 0.662. The highest BCUT2D eigenvalue weighted by Crippen LogP contribution is 2.03. The number of amides is 1. The molecule has 7 heteroatoms. The molecule has 0 aromatic carbocycles. The highest BCUT2D eigenvalue weighted by Gasteiger charge is 2.09. The zero-order valence-electron chi connectivity index (χ0n) is 6.77. The van der Waals surface area contributed by atoms with E-state index in [9.17, 15) is 9.59 Å². The maximum atomic E-state index is 10.5. The maximum absolute atomic E-state index is 10.5. The van der Waals surface area contributed by atoms with Crippen molar-refractivity contribution < 1.29 is 19.2 Å². The number of anilines is 1. The molecule has 0 unspecified atom stereocenters. The summed E-state index contributed by atoms with van der Waals surface area (Å²) in [6.45, 7) is 1.28. The molecule has 0 aliphatic rings. The number of carbonyl (C=O) groups excluding carboxylic acids is 1. The number of nitrogens with one attached hydrogen (secondary N) is 1. The molecule has 7 nitrogen and oxygen atoms in total. The molecule has 1 rings (SSSR count). The lowest BCUT2D eigenvalue weighted by Crippen LogP contribution is -2.06. The van der Waals surface area contributed by atoms with Crippen LogP contribution in [0.4, 0.5) is 6.01 Å². The lowest BCUT2D eigenvalue weighted by Gasteiger charge is -1.89. The molecule has 2 N–H and O–H groups in total. The van der Waals surface area contributed by atoms with E-state index in [4.69, 9.17) is 5.11 Å². The summed E-state index contributed by atoms with van der Waals surface area (Å²) in [5.41, 5.74) is 0. The van der Waals surface area contributed by atoms with Crippen LogP contribution in [-0.4, -0.2) is 27.1 Å². The molecule has 0 aliphatic heterocycles. The third-order valence-electron chi connectivity index (χ3n) is 1.06. The Kier molecular flexibility index (Phi) is 2.58. The molecule has 0 saturated carbocycles. The molecule has 0 fully saturated rings. The Labute approximate surface area is 72.7 Å². The normalized spacial score (nSPS) is 9.62. The summed E-state index contributed by atoms with van der Waals surface area (Å²) in [7, 11) is 0. The van der Waals surface area contributed by atoms with Gasteiger partial charge < -0.3 is 9.63 Å². The molecule has 0 spiro atoms. The van der Waals surface area contributed by atoms with Crippen LogP contribution >= 0.6 is 0 Å². The molecule has 1 aromatic heterocycles. The van der Waals surface area contributed by atoms with Crippen molar-refractivity contribution in [1.82, 2.24) is 10.1 Å². The van der Waals surface area contributed by atoms with E-state index in [0.717, 1.165) is 0 Å². The van der Waals surface area contributed by atoms with Crippen LogP contribution in [0.3, 0.4) is 0 Å². The summed E-state index contributed by atoms with van der Waals surface area (Å²) in [5.74, 6) is -1.39. The average molecular weight is 185 g/mol. The first kappa shape index (κ1) is 9.17. The molecular formula is C6H7N3O4. The van der Waals surface area contributed by atoms with Crippen molar-refractivity contribution in [3.05, 3.63) is 5.82 Å². The summed E-state index contributed by atoms with van der Waals surface area (Å²) in [5, 5.41) is 13.9. The first-order valence-corrected chi connectivity index (χ1v) is 3.40. The van der Waals surface area contributed by atoms with Crippen LogP contribution < -0.4 is 5.32 Å². The molecule has 0 bridgehead atoms. The molecule has 70 valence electrons. The van der Waals surface area contributed by atoms with E-state index in [2.05, 4.69) is 20.0 Å². The largest absolute Gasteiger partial charge is 0.481 e. The molecule has 13 heavy (non-hydrogen) atoms. The second-order valence-electron chi connectivity index (χ2n) is 2.27. The van der Waals surface area contributed by atoms with Gasteiger partial charge in [0.1, 0.15) is 6.42 Å². The van der Waals surface area contributed by atoms with Gasteiger partial charge in [0.2, 0.25) is 5.91 Å². The van der Waals surface area contributed by atoms with Gasteiger partial charge in [0.15, 0.2) is 5.82 Å². The number of aromatic nitrogens is 2. The lowest BCUT2D eigenvalue weighted by molar-refractivity contribution is -0.136. The van der Waals surface area contributed by atoms with E-state index in [1.165, 1.54) is 6.92 Å². The second kappa shape index (κ2) is 3.65.